The average molecular weight is 435 g/mol. The third kappa shape index (κ3) is 4.11. The highest BCUT2D eigenvalue weighted by Gasteiger charge is 2.49. The largest absolute Gasteiger partial charge is 0.316 e. The maximum atomic E-state index is 12.6. The average Bonchev–Trinajstić information content (AvgIpc) is 3.07. The van der Waals surface area contributed by atoms with E-state index in [1.54, 1.807) is 12.1 Å². The molecule has 2 aliphatic rings. The Morgan fingerprint density at radius 1 is 1.21 bits per heavy atom. The van der Waals surface area contributed by atoms with E-state index in [1.165, 1.54) is 11.8 Å². The number of rotatable bonds is 3. The molecule has 0 aliphatic carbocycles. The summed E-state index contributed by atoms with van der Waals surface area (Å²) in [7, 11) is -3.08. The van der Waals surface area contributed by atoms with Crippen molar-refractivity contribution in [1.29, 1.82) is 0 Å². The Balaban J connectivity index is 1.63. The summed E-state index contributed by atoms with van der Waals surface area (Å²) in [6.45, 7) is 1.98. The van der Waals surface area contributed by atoms with Gasteiger partial charge in [-0.25, -0.2) is 8.42 Å². The van der Waals surface area contributed by atoms with Crippen molar-refractivity contribution >= 4 is 50.0 Å². The fraction of sp³-hybridized carbons (Fsp3) is 0.300. The quantitative estimate of drug-likeness (QED) is 0.739. The Morgan fingerprint density at radius 2 is 1.96 bits per heavy atom. The zero-order valence-corrected chi connectivity index (χ0v) is 17.6. The third-order valence-corrected chi connectivity index (χ3v) is 8.30. The molecule has 0 bridgehead atoms. The number of carbonyl (C=O) groups is 1. The standard InChI is InChI=1S/C20H19ClN2O3S2/c1-13-3-2-4-16(9-13)23-17-11-28(25,26)12-18(17)27-20(23)22-19(24)10-14-5-7-15(21)8-6-14/h2-9,17-18H,10-12H2,1H3/t17-,18+/m0/s1. The molecule has 0 aromatic heterocycles. The molecule has 0 radical (unpaired) electrons. The van der Waals surface area contributed by atoms with Gasteiger partial charge in [-0.3, -0.25) is 4.79 Å². The van der Waals surface area contributed by atoms with Gasteiger partial charge < -0.3 is 4.90 Å². The zero-order chi connectivity index (χ0) is 19.9. The normalized spacial score (nSPS) is 24.5. The van der Waals surface area contributed by atoms with Crippen LogP contribution in [0.2, 0.25) is 5.02 Å². The van der Waals surface area contributed by atoms with Crippen LogP contribution in [0.15, 0.2) is 53.5 Å². The van der Waals surface area contributed by atoms with Gasteiger partial charge in [0.15, 0.2) is 15.0 Å². The van der Waals surface area contributed by atoms with E-state index >= 15 is 0 Å². The summed E-state index contributed by atoms with van der Waals surface area (Å²) in [4.78, 5) is 18.8. The van der Waals surface area contributed by atoms with Crippen molar-refractivity contribution in [3.8, 4) is 0 Å². The Hall–Kier alpha value is -1.83. The molecule has 2 aromatic rings. The minimum Gasteiger partial charge on any atom is -0.316 e. The highest BCUT2D eigenvalue weighted by atomic mass is 35.5. The second kappa shape index (κ2) is 7.54. The molecule has 0 spiro atoms. The molecule has 2 atom stereocenters. The number of aliphatic imine (C=N–C) groups is 1. The molecule has 0 unspecified atom stereocenters. The molecule has 0 saturated carbocycles. The summed E-state index contributed by atoms with van der Waals surface area (Å²) in [6, 6.07) is 14.7. The number of anilines is 1. The van der Waals surface area contributed by atoms with Crippen molar-refractivity contribution in [2.24, 2.45) is 4.99 Å². The van der Waals surface area contributed by atoms with E-state index in [0.29, 0.717) is 10.2 Å². The maximum Gasteiger partial charge on any atom is 0.252 e. The highest BCUT2D eigenvalue weighted by Crippen LogP contribution is 2.41. The van der Waals surface area contributed by atoms with Gasteiger partial charge in [0.1, 0.15) is 0 Å². The van der Waals surface area contributed by atoms with E-state index in [2.05, 4.69) is 4.99 Å². The summed E-state index contributed by atoms with van der Waals surface area (Å²) in [6.07, 6.45) is 0.177. The number of benzene rings is 2. The topological polar surface area (TPSA) is 66.8 Å². The van der Waals surface area contributed by atoms with Gasteiger partial charge in [-0.15, -0.1) is 0 Å². The number of sulfone groups is 1. The van der Waals surface area contributed by atoms with Crippen LogP contribution in [0.1, 0.15) is 11.1 Å². The van der Waals surface area contributed by atoms with Crippen LogP contribution in [0.3, 0.4) is 0 Å². The number of amides is 1. The first-order chi connectivity index (χ1) is 13.3. The van der Waals surface area contributed by atoms with Crippen LogP contribution in [-0.4, -0.2) is 42.3 Å². The molecule has 4 rings (SSSR count). The van der Waals surface area contributed by atoms with Gasteiger partial charge in [0, 0.05) is 16.0 Å². The molecule has 1 amide bonds. The van der Waals surface area contributed by atoms with Gasteiger partial charge in [-0.05, 0) is 42.3 Å². The summed E-state index contributed by atoms with van der Waals surface area (Å²) in [5.74, 6) is -0.0526. The highest BCUT2D eigenvalue weighted by molar-refractivity contribution is 8.16. The molecule has 2 aliphatic heterocycles. The molecule has 5 nitrogen and oxygen atoms in total. The lowest BCUT2D eigenvalue weighted by Crippen LogP contribution is -2.37. The van der Waals surface area contributed by atoms with Gasteiger partial charge >= 0.3 is 0 Å². The fourth-order valence-corrected chi connectivity index (χ4v) is 7.62. The van der Waals surface area contributed by atoms with Crippen LogP contribution >= 0.6 is 23.4 Å². The number of amidine groups is 1. The fourth-order valence-electron chi connectivity index (χ4n) is 3.57. The smallest absolute Gasteiger partial charge is 0.252 e. The molecule has 0 N–H and O–H groups in total. The van der Waals surface area contributed by atoms with Crippen molar-refractivity contribution in [1.82, 2.24) is 0 Å². The van der Waals surface area contributed by atoms with Crippen LogP contribution in [0.5, 0.6) is 0 Å². The Kier molecular flexibility index (Phi) is 5.24. The number of nitrogens with zero attached hydrogens (tertiary/aromatic N) is 2. The monoisotopic (exact) mass is 434 g/mol. The van der Waals surface area contributed by atoms with Gasteiger partial charge in [0.05, 0.1) is 24.0 Å². The van der Waals surface area contributed by atoms with Crippen LogP contribution in [0.25, 0.3) is 0 Å². The van der Waals surface area contributed by atoms with Crippen molar-refractivity contribution in [2.45, 2.75) is 24.6 Å². The van der Waals surface area contributed by atoms with Gasteiger partial charge in [-0.2, -0.15) is 4.99 Å². The summed E-state index contributed by atoms with van der Waals surface area (Å²) >= 11 is 7.28. The molecular formula is C20H19ClN2O3S2. The van der Waals surface area contributed by atoms with E-state index in [9.17, 15) is 13.2 Å². The summed E-state index contributed by atoms with van der Waals surface area (Å²) in [5, 5.41) is 1.09. The van der Waals surface area contributed by atoms with E-state index in [0.717, 1.165) is 16.8 Å². The van der Waals surface area contributed by atoms with Crippen LogP contribution in [-0.2, 0) is 21.1 Å². The molecule has 2 fully saturated rings. The molecule has 8 heteroatoms. The zero-order valence-electron chi connectivity index (χ0n) is 15.2. The molecule has 28 heavy (non-hydrogen) atoms. The molecular weight excluding hydrogens is 416 g/mol. The Bertz CT molecular complexity index is 1050. The first-order valence-electron chi connectivity index (χ1n) is 8.90. The minimum atomic E-state index is -3.08. The molecule has 2 aromatic carbocycles. The SMILES string of the molecule is Cc1cccc(N2C(=NC(=O)Cc3ccc(Cl)cc3)S[C@@H]3CS(=O)(=O)C[C@@H]32)c1. The second-order valence-corrected chi connectivity index (χ2v) is 10.9. The molecule has 146 valence electrons. The Morgan fingerprint density at radius 3 is 2.68 bits per heavy atom. The first-order valence-corrected chi connectivity index (χ1v) is 12.0. The Labute approximate surface area is 173 Å². The first kappa shape index (κ1) is 19.5. The van der Waals surface area contributed by atoms with Gasteiger partial charge in [0.25, 0.3) is 5.91 Å². The van der Waals surface area contributed by atoms with E-state index in [4.69, 9.17) is 11.6 Å². The molecule has 2 saturated heterocycles. The number of fused-ring (bicyclic) bond motifs is 1. The number of halogens is 1. The van der Waals surface area contributed by atoms with Crippen molar-refractivity contribution < 1.29 is 13.2 Å². The molecule has 2 heterocycles. The maximum absolute atomic E-state index is 12.6. The van der Waals surface area contributed by atoms with Crippen LogP contribution in [0, 0.1) is 6.92 Å². The van der Waals surface area contributed by atoms with E-state index < -0.39 is 9.84 Å². The van der Waals surface area contributed by atoms with Gasteiger partial charge in [-0.1, -0.05) is 47.6 Å². The van der Waals surface area contributed by atoms with Crippen molar-refractivity contribution in [3.63, 3.8) is 0 Å². The van der Waals surface area contributed by atoms with E-state index in [-0.39, 0.29) is 35.1 Å². The van der Waals surface area contributed by atoms with Crippen molar-refractivity contribution in [2.75, 3.05) is 16.4 Å². The number of thioether (sulfide) groups is 1. The number of carbonyl (C=O) groups excluding carboxylic acids is 1. The van der Waals surface area contributed by atoms with E-state index in [1.807, 2.05) is 48.2 Å². The van der Waals surface area contributed by atoms with Gasteiger partial charge in [0.2, 0.25) is 0 Å². The summed E-state index contributed by atoms with van der Waals surface area (Å²) in [5.41, 5.74) is 2.78. The predicted molar refractivity (Wildman–Crippen MR) is 115 cm³/mol. The van der Waals surface area contributed by atoms with Crippen molar-refractivity contribution in [3.05, 3.63) is 64.7 Å². The summed E-state index contributed by atoms with van der Waals surface area (Å²) < 4.78 is 24.3. The third-order valence-electron chi connectivity index (χ3n) is 4.84. The second-order valence-electron chi connectivity index (χ2n) is 7.10. The van der Waals surface area contributed by atoms with Crippen LogP contribution in [0.4, 0.5) is 5.69 Å². The van der Waals surface area contributed by atoms with Crippen LogP contribution < -0.4 is 4.90 Å². The number of aryl methyl sites for hydroxylation is 1. The lowest BCUT2D eigenvalue weighted by atomic mass is 10.1. The lowest BCUT2D eigenvalue weighted by Gasteiger charge is -2.24. The number of hydrogen-bond acceptors (Lipinski definition) is 4. The number of hydrogen-bond donors (Lipinski definition) is 0. The predicted octanol–water partition coefficient (Wildman–Crippen LogP) is 3.49. The minimum absolute atomic E-state index is 0.0863. The lowest BCUT2D eigenvalue weighted by molar-refractivity contribution is -0.117.